The highest BCUT2D eigenvalue weighted by atomic mass is 16.7. The van der Waals surface area contributed by atoms with Gasteiger partial charge in [0, 0.05) is 12.7 Å². The van der Waals surface area contributed by atoms with Crippen molar-refractivity contribution in [2.75, 3.05) is 13.9 Å². The first kappa shape index (κ1) is 11.2. The van der Waals surface area contributed by atoms with E-state index in [1.165, 1.54) is 7.11 Å². The Balaban J connectivity index is 2.86. The molecule has 80 valence electrons. The third-order valence-corrected chi connectivity index (χ3v) is 1.61. The van der Waals surface area contributed by atoms with Gasteiger partial charge in [-0.1, -0.05) is 30.3 Å². The molecule has 15 heavy (non-hydrogen) atoms. The molecule has 0 bridgehead atoms. The van der Waals surface area contributed by atoms with E-state index in [4.69, 9.17) is 4.74 Å². The molecule has 0 aliphatic rings. The number of benzene rings is 1. The molecule has 0 aromatic heterocycles. The van der Waals surface area contributed by atoms with Crippen LogP contribution in [0.4, 0.5) is 0 Å². The molecule has 0 radical (unpaired) electrons. The molecule has 0 amide bonds. The van der Waals surface area contributed by atoms with E-state index < -0.39 is 4.92 Å². The first-order valence-corrected chi connectivity index (χ1v) is 4.26. The van der Waals surface area contributed by atoms with Crippen LogP contribution < -0.4 is 0 Å². The Morgan fingerprint density at radius 3 is 2.67 bits per heavy atom. The standard InChI is InChI=1S/C10H11NO4/c1-14-8-15-10(7-11(12)13)9-5-3-2-4-6-9/h2-7H,8H2,1H3. The zero-order chi connectivity index (χ0) is 11.1. The SMILES string of the molecule is COCOC(=C[N+](=O)[O-])c1ccccc1. The number of methoxy groups -OCH3 is 1. The lowest BCUT2D eigenvalue weighted by molar-refractivity contribution is -0.402. The lowest BCUT2D eigenvalue weighted by Gasteiger charge is -2.06. The van der Waals surface area contributed by atoms with Gasteiger partial charge in [-0.05, 0) is 0 Å². The van der Waals surface area contributed by atoms with Crippen LogP contribution in [0, 0.1) is 10.1 Å². The number of ether oxygens (including phenoxy) is 2. The maximum Gasteiger partial charge on any atom is 0.276 e. The Bertz CT molecular complexity index is 348. The zero-order valence-electron chi connectivity index (χ0n) is 8.25. The second kappa shape index (κ2) is 5.77. The van der Waals surface area contributed by atoms with Crippen LogP contribution in [0.3, 0.4) is 0 Å². The van der Waals surface area contributed by atoms with Crippen molar-refractivity contribution in [3.63, 3.8) is 0 Å². The van der Waals surface area contributed by atoms with E-state index >= 15 is 0 Å². The van der Waals surface area contributed by atoms with Crippen molar-refractivity contribution in [3.05, 3.63) is 52.2 Å². The van der Waals surface area contributed by atoms with E-state index in [2.05, 4.69) is 4.74 Å². The summed E-state index contributed by atoms with van der Waals surface area (Å²) in [5.74, 6) is 0.183. The Morgan fingerprint density at radius 2 is 2.13 bits per heavy atom. The number of nitrogens with zero attached hydrogens (tertiary/aromatic N) is 1. The van der Waals surface area contributed by atoms with Gasteiger partial charge in [-0.2, -0.15) is 0 Å². The van der Waals surface area contributed by atoms with Crippen molar-refractivity contribution in [2.24, 2.45) is 0 Å². The van der Waals surface area contributed by atoms with Gasteiger partial charge in [-0.3, -0.25) is 10.1 Å². The summed E-state index contributed by atoms with van der Waals surface area (Å²) in [6, 6.07) is 8.83. The fourth-order valence-corrected chi connectivity index (χ4v) is 1.02. The Kier molecular flexibility index (Phi) is 4.30. The molecule has 0 aliphatic carbocycles. The van der Waals surface area contributed by atoms with E-state index in [0.717, 1.165) is 6.20 Å². The van der Waals surface area contributed by atoms with Crippen molar-refractivity contribution < 1.29 is 14.4 Å². The van der Waals surface area contributed by atoms with Gasteiger partial charge in [0.2, 0.25) is 0 Å². The van der Waals surface area contributed by atoms with Crippen molar-refractivity contribution in [1.29, 1.82) is 0 Å². The highest BCUT2D eigenvalue weighted by molar-refractivity contribution is 5.58. The highest BCUT2D eigenvalue weighted by Crippen LogP contribution is 2.15. The highest BCUT2D eigenvalue weighted by Gasteiger charge is 2.06. The lowest BCUT2D eigenvalue weighted by Crippen LogP contribution is -1.99. The Labute approximate surface area is 87.1 Å². The van der Waals surface area contributed by atoms with Crippen molar-refractivity contribution in [1.82, 2.24) is 0 Å². The summed E-state index contributed by atoms with van der Waals surface area (Å²) < 4.78 is 9.78. The molecular weight excluding hydrogens is 198 g/mol. The predicted molar refractivity (Wildman–Crippen MR) is 54.4 cm³/mol. The average Bonchev–Trinajstić information content (AvgIpc) is 2.25. The van der Waals surface area contributed by atoms with Gasteiger partial charge in [0.15, 0.2) is 12.6 Å². The molecule has 0 saturated carbocycles. The molecule has 0 aliphatic heterocycles. The first-order chi connectivity index (χ1) is 7.24. The molecule has 1 aromatic rings. The van der Waals surface area contributed by atoms with Crippen LogP contribution in [0.5, 0.6) is 0 Å². The summed E-state index contributed by atoms with van der Waals surface area (Å²) in [6.45, 7) is -0.0193. The van der Waals surface area contributed by atoms with Crippen LogP contribution >= 0.6 is 0 Å². The second-order valence-corrected chi connectivity index (χ2v) is 2.70. The van der Waals surface area contributed by atoms with Gasteiger partial charge in [0.1, 0.15) is 0 Å². The summed E-state index contributed by atoms with van der Waals surface area (Å²) in [5.41, 5.74) is 0.645. The lowest BCUT2D eigenvalue weighted by atomic mass is 10.2. The number of hydrogen-bond donors (Lipinski definition) is 0. The van der Waals surface area contributed by atoms with E-state index in [9.17, 15) is 10.1 Å². The fourth-order valence-electron chi connectivity index (χ4n) is 1.02. The first-order valence-electron chi connectivity index (χ1n) is 4.26. The molecule has 0 heterocycles. The van der Waals surface area contributed by atoms with Gasteiger partial charge in [0.25, 0.3) is 6.20 Å². The van der Waals surface area contributed by atoms with E-state index in [-0.39, 0.29) is 12.6 Å². The molecule has 0 fully saturated rings. The number of nitro groups is 1. The number of rotatable bonds is 5. The van der Waals surface area contributed by atoms with E-state index in [1.54, 1.807) is 24.3 Å². The van der Waals surface area contributed by atoms with E-state index in [0.29, 0.717) is 5.56 Å². The van der Waals surface area contributed by atoms with Crippen molar-refractivity contribution >= 4 is 5.76 Å². The third kappa shape index (κ3) is 3.78. The zero-order valence-corrected chi connectivity index (χ0v) is 8.25. The van der Waals surface area contributed by atoms with Crippen LogP contribution in [0.2, 0.25) is 0 Å². The minimum atomic E-state index is -0.558. The summed E-state index contributed by atoms with van der Waals surface area (Å²) in [7, 11) is 1.45. The van der Waals surface area contributed by atoms with Crippen molar-refractivity contribution in [3.8, 4) is 0 Å². The maximum absolute atomic E-state index is 10.4. The van der Waals surface area contributed by atoms with E-state index in [1.807, 2.05) is 6.07 Å². The molecule has 0 unspecified atom stereocenters. The van der Waals surface area contributed by atoms with Gasteiger partial charge in [0.05, 0.1) is 4.92 Å². The maximum atomic E-state index is 10.4. The second-order valence-electron chi connectivity index (χ2n) is 2.70. The molecular formula is C10H11NO4. The van der Waals surface area contributed by atoms with Crippen molar-refractivity contribution in [2.45, 2.75) is 0 Å². The van der Waals surface area contributed by atoms with Crippen LogP contribution in [-0.2, 0) is 9.47 Å². The summed E-state index contributed by atoms with van der Waals surface area (Å²) in [4.78, 5) is 9.80. The number of hydrogen-bond acceptors (Lipinski definition) is 4. The Hall–Kier alpha value is -1.88. The molecule has 0 saturated heterocycles. The molecule has 5 heteroatoms. The molecule has 0 N–H and O–H groups in total. The molecule has 1 aromatic carbocycles. The average molecular weight is 209 g/mol. The van der Waals surface area contributed by atoms with Crippen LogP contribution in [0.1, 0.15) is 5.56 Å². The normalized spacial score (nSPS) is 11.1. The summed E-state index contributed by atoms with van der Waals surface area (Å²) in [5, 5.41) is 10.4. The largest absolute Gasteiger partial charge is 0.460 e. The molecule has 0 atom stereocenters. The van der Waals surface area contributed by atoms with Gasteiger partial charge in [-0.15, -0.1) is 0 Å². The molecule has 0 spiro atoms. The monoisotopic (exact) mass is 209 g/mol. The van der Waals surface area contributed by atoms with Crippen LogP contribution in [0.15, 0.2) is 36.5 Å². The quantitative estimate of drug-likeness (QED) is 0.321. The Morgan fingerprint density at radius 1 is 1.47 bits per heavy atom. The molecule has 5 nitrogen and oxygen atoms in total. The summed E-state index contributed by atoms with van der Waals surface area (Å²) >= 11 is 0. The minimum Gasteiger partial charge on any atom is -0.460 e. The van der Waals surface area contributed by atoms with Crippen LogP contribution in [-0.4, -0.2) is 18.8 Å². The van der Waals surface area contributed by atoms with Gasteiger partial charge in [-0.25, -0.2) is 0 Å². The predicted octanol–water partition coefficient (Wildman–Crippen LogP) is 1.88. The molecule has 1 rings (SSSR count). The van der Waals surface area contributed by atoms with Gasteiger partial charge >= 0.3 is 0 Å². The summed E-state index contributed by atoms with van der Waals surface area (Å²) in [6.07, 6.45) is 0.814. The minimum absolute atomic E-state index is 0.0193. The third-order valence-electron chi connectivity index (χ3n) is 1.61. The van der Waals surface area contributed by atoms with Gasteiger partial charge < -0.3 is 9.47 Å². The topological polar surface area (TPSA) is 61.6 Å². The smallest absolute Gasteiger partial charge is 0.276 e. The van der Waals surface area contributed by atoms with Crippen LogP contribution in [0.25, 0.3) is 5.76 Å². The fraction of sp³-hybridized carbons (Fsp3) is 0.200.